The summed E-state index contributed by atoms with van der Waals surface area (Å²) in [4.78, 5) is 16.8. The van der Waals surface area contributed by atoms with Crippen molar-refractivity contribution in [3.63, 3.8) is 0 Å². The molecule has 0 unspecified atom stereocenters. The Labute approximate surface area is 156 Å². The van der Waals surface area contributed by atoms with E-state index in [2.05, 4.69) is 31.3 Å². The molecule has 134 valence electrons. The van der Waals surface area contributed by atoms with Gasteiger partial charge in [0, 0.05) is 42.8 Å². The fourth-order valence-corrected chi connectivity index (χ4v) is 3.42. The highest BCUT2D eigenvalue weighted by Gasteiger charge is 2.21. The quantitative estimate of drug-likeness (QED) is 0.841. The van der Waals surface area contributed by atoms with E-state index in [0.29, 0.717) is 6.54 Å². The first-order chi connectivity index (χ1) is 12.0. The van der Waals surface area contributed by atoms with E-state index in [1.54, 1.807) is 0 Å². The topological polar surface area (TPSA) is 61.6 Å². The van der Waals surface area contributed by atoms with Gasteiger partial charge in [0.05, 0.1) is 11.4 Å². The van der Waals surface area contributed by atoms with Crippen LogP contribution in [0.2, 0.25) is 0 Å². The minimum atomic E-state index is -0.0499. The number of aromatic nitrogens is 1. The van der Waals surface area contributed by atoms with Gasteiger partial charge in [0.1, 0.15) is 5.76 Å². The predicted octanol–water partition coefficient (Wildman–Crippen LogP) is 3.79. The van der Waals surface area contributed by atoms with Gasteiger partial charge in [-0.25, -0.2) is 4.79 Å². The molecule has 1 aliphatic rings. The molecule has 0 atom stereocenters. The lowest BCUT2D eigenvalue weighted by molar-refractivity contribution is 0.211. The maximum Gasteiger partial charge on any atom is 0.321 e. The number of halogens is 1. The number of benzene rings is 1. The van der Waals surface area contributed by atoms with Crippen molar-refractivity contribution in [1.29, 1.82) is 0 Å². The van der Waals surface area contributed by atoms with E-state index in [9.17, 15) is 4.79 Å². The second-order valence-electron chi connectivity index (χ2n) is 6.33. The molecule has 1 aromatic heterocycles. The molecule has 7 heteroatoms. The van der Waals surface area contributed by atoms with Crippen molar-refractivity contribution in [2.75, 3.05) is 31.5 Å². The Balaban J connectivity index is 1.58. The van der Waals surface area contributed by atoms with Crippen LogP contribution in [0.5, 0.6) is 0 Å². The van der Waals surface area contributed by atoms with E-state index in [-0.39, 0.29) is 6.03 Å². The van der Waals surface area contributed by atoms with Crippen LogP contribution in [0.4, 0.5) is 10.5 Å². The zero-order valence-electron chi connectivity index (χ0n) is 14.6. The van der Waals surface area contributed by atoms with Crippen molar-refractivity contribution in [3.8, 4) is 0 Å². The molecule has 1 aromatic carbocycles. The summed E-state index contributed by atoms with van der Waals surface area (Å²) in [5.74, 6) is 0.880. The Hall–Kier alpha value is -1.86. The lowest BCUT2D eigenvalue weighted by atomic mass is 10.2. The molecule has 0 saturated carbocycles. The van der Waals surface area contributed by atoms with Crippen LogP contribution in [0.1, 0.15) is 23.4 Å². The number of nitrogens with zero attached hydrogens (tertiary/aromatic N) is 3. The Bertz CT molecular complexity index is 727. The second kappa shape index (κ2) is 8.01. The molecule has 1 N–H and O–H groups in total. The maximum absolute atomic E-state index is 12.6. The van der Waals surface area contributed by atoms with E-state index < -0.39 is 0 Å². The fourth-order valence-electron chi connectivity index (χ4n) is 3.04. The standard InChI is InChI=1S/C18H23BrN4O2/c1-13-15(14(2)25-21-13)12-22-8-5-9-23(11-10-22)18(24)20-17-7-4-3-6-16(17)19/h3-4,6-7H,5,8-12H2,1-2H3,(H,20,24). The van der Waals surface area contributed by atoms with Gasteiger partial charge >= 0.3 is 6.03 Å². The summed E-state index contributed by atoms with van der Waals surface area (Å²) in [6.07, 6.45) is 0.951. The normalized spacial score (nSPS) is 15.9. The number of hydrogen-bond acceptors (Lipinski definition) is 4. The summed E-state index contributed by atoms with van der Waals surface area (Å²) >= 11 is 3.46. The molecule has 0 radical (unpaired) electrons. The highest BCUT2D eigenvalue weighted by molar-refractivity contribution is 9.10. The molecule has 2 heterocycles. The lowest BCUT2D eigenvalue weighted by Gasteiger charge is -2.22. The molecule has 2 aromatic rings. The third-order valence-corrected chi connectivity index (χ3v) is 5.25. The molecule has 0 spiro atoms. The van der Waals surface area contributed by atoms with Crippen LogP contribution in [0.25, 0.3) is 0 Å². The SMILES string of the molecule is Cc1noc(C)c1CN1CCCN(C(=O)Nc2ccccc2Br)CC1. The van der Waals surface area contributed by atoms with Crippen molar-refractivity contribution >= 4 is 27.6 Å². The van der Waals surface area contributed by atoms with Crippen molar-refractivity contribution in [2.45, 2.75) is 26.8 Å². The third kappa shape index (κ3) is 4.41. The smallest absolute Gasteiger partial charge is 0.321 e. The fraction of sp³-hybridized carbons (Fsp3) is 0.444. The average molecular weight is 407 g/mol. The van der Waals surface area contributed by atoms with Crippen LogP contribution >= 0.6 is 15.9 Å². The number of nitrogens with one attached hydrogen (secondary N) is 1. The first-order valence-corrected chi connectivity index (χ1v) is 9.28. The Morgan fingerprint density at radius 2 is 2.04 bits per heavy atom. The summed E-state index contributed by atoms with van der Waals surface area (Å²) in [7, 11) is 0. The van der Waals surface area contributed by atoms with E-state index in [0.717, 1.165) is 59.8 Å². The van der Waals surface area contributed by atoms with Gasteiger partial charge in [-0.1, -0.05) is 17.3 Å². The van der Waals surface area contributed by atoms with Crippen LogP contribution in [0.3, 0.4) is 0 Å². The minimum Gasteiger partial charge on any atom is -0.361 e. The molecule has 1 aliphatic heterocycles. The first-order valence-electron chi connectivity index (χ1n) is 8.49. The van der Waals surface area contributed by atoms with Crippen LogP contribution in [-0.2, 0) is 6.54 Å². The van der Waals surface area contributed by atoms with Crippen molar-refractivity contribution < 1.29 is 9.32 Å². The molecule has 0 aliphatic carbocycles. The molecule has 25 heavy (non-hydrogen) atoms. The monoisotopic (exact) mass is 406 g/mol. The number of amides is 2. The van der Waals surface area contributed by atoms with Crippen molar-refractivity contribution in [1.82, 2.24) is 15.0 Å². The van der Waals surface area contributed by atoms with Gasteiger partial charge < -0.3 is 14.7 Å². The number of anilines is 1. The Kier molecular flexibility index (Phi) is 5.75. The van der Waals surface area contributed by atoms with Crippen molar-refractivity contribution in [2.24, 2.45) is 0 Å². The highest BCUT2D eigenvalue weighted by Crippen LogP contribution is 2.22. The van der Waals surface area contributed by atoms with Crippen LogP contribution in [0, 0.1) is 13.8 Å². The number of urea groups is 1. The highest BCUT2D eigenvalue weighted by atomic mass is 79.9. The van der Waals surface area contributed by atoms with Crippen LogP contribution in [0.15, 0.2) is 33.3 Å². The number of hydrogen-bond donors (Lipinski definition) is 1. The number of carbonyl (C=O) groups is 1. The molecule has 1 saturated heterocycles. The molecule has 3 rings (SSSR count). The Morgan fingerprint density at radius 3 is 2.76 bits per heavy atom. The summed E-state index contributed by atoms with van der Waals surface area (Å²) in [6.45, 7) is 8.01. The minimum absolute atomic E-state index is 0.0499. The third-order valence-electron chi connectivity index (χ3n) is 4.55. The number of para-hydroxylation sites is 1. The molecule has 6 nitrogen and oxygen atoms in total. The summed E-state index contributed by atoms with van der Waals surface area (Å²) < 4.78 is 6.14. The lowest BCUT2D eigenvalue weighted by Crippen LogP contribution is -2.38. The van der Waals surface area contributed by atoms with Gasteiger partial charge in [-0.2, -0.15) is 0 Å². The first kappa shape index (κ1) is 17.9. The van der Waals surface area contributed by atoms with Gasteiger partial charge in [-0.15, -0.1) is 0 Å². The van der Waals surface area contributed by atoms with Crippen molar-refractivity contribution in [3.05, 3.63) is 45.8 Å². The van der Waals surface area contributed by atoms with Crippen LogP contribution < -0.4 is 5.32 Å². The molecule has 2 amide bonds. The zero-order valence-corrected chi connectivity index (χ0v) is 16.2. The predicted molar refractivity (Wildman–Crippen MR) is 101 cm³/mol. The second-order valence-corrected chi connectivity index (χ2v) is 7.18. The maximum atomic E-state index is 12.6. The molecular weight excluding hydrogens is 384 g/mol. The Morgan fingerprint density at radius 1 is 1.24 bits per heavy atom. The largest absolute Gasteiger partial charge is 0.361 e. The van der Waals surface area contributed by atoms with Gasteiger partial charge in [0.2, 0.25) is 0 Å². The van der Waals surface area contributed by atoms with E-state index in [1.165, 1.54) is 0 Å². The van der Waals surface area contributed by atoms with E-state index >= 15 is 0 Å². The summed E-state index contributed by atoms with van der Waals surface area (Å²) in [6, 6.07) is 7.60. The summed E-state index contributed by atoms with van der Waals surface area (Å²) in [5.41, 5.74) is 2.90. The van der Waals surface area contributed by atoms with Gasteiger partial charge in [0.25, 0.3) is 0 Å². The van der Waals surface area contributed by atoms with Gasteiger partial charge in [-0.3, -0.25) is 4.90 Å². The molecular formula is C18H23BrN4O2. The molecule has 1 fully saturated rings. The van der Waals surface area contributed by atoms with Gasteiger partial charge in [0.15, 0.2) is 0 Å². The number of rotatable bonds is 3. The average Bonchev–Trinajstić information content (AvgIpc) is 2.79. The summed E-state index contributed by atoms with van der Waals surface area (Å²) in [5, 5.41) is 7.01. The number of aryl methyl sites for hydroxylation is 2. The zero-order chi connectivity index (χ0) is 17.8. The van der Waals surface area contributed by atoms with Crippen LogP contribution in [-0.4, -0.2) is 47.2 Å². The molecule has 0 bridgehead atoms. The van der Waals surface area contributed by atoms with Gasteiger partial charge in [-0.05, 0) is 48.3 Å². The van der Waals surface area contributed by atoms with E-state index in [1.807, 2.05) is 43.0 Å². The number of carbonyl (C=O) groups excluding carboxylic acids is 1. The van der Waals surface area contributed by atoms with E-state index in [4.69, 9.17) is 4.52 Å².